The van der Waals surface area contributed by atoms with E-state index in [1.807, 2.05) is 11.0 Å². The number of hydrogen-bond acceptors (Lipinski definition) is 5. The van der Waals surface area contributed by atoms with Crippen LogP contribution in [0.2, 0.25) is 0 Å². The molecule has 0 saturated carbocycles. The maximum atomic E-state index is 13.3. The van der Waals surface area contributed by atoms with Crippen molar-refractivity contribution in [3.8, 4) is 11.5 Å². The quantitative estimate of drug-likeness (QED) is 0.569. The number of amides is 3. The van der Waals surface area contributed by atoms with Crippen LogP contribution in [0.1, 0.15) is 28.4 Å². The van der Waals surface area contributed by atoms with Crippen molar-refractivity contribution < 1.29 is 19.1 Å². The predicted molar refractivity (Wildman–Crippen MR) is 136 cm³/mol. The Morgan fingerprint density at radius 1 is 0.861 bits per heavy atom. The minimum absolute atomic E-state index is 0.0532. The maximum absolute atomic E-state index is 13.3. The molecule has 2 bridgehead atoms. The number of methoxy groups -OCH3 is 2. The standard InChI is InChI=1S/C27H28N4O5/c1-35-20-9-7-18(8-10-20)26(33)30-14-17-13-19(16-30)25-22(11-12-24(32)31(25)15-17)29-27(34)28-21-5-3-4-6-23(21)36-2/h3-12,17,19H,13-16H2,1-2H3,(H2,28,29,34)/t17-,19-/m1/s1. The van der Waals surface area contributed by atoms with Crippen molar-refractivity contribution in [1.82, 2.24) is 9.47 Å². The Morgan fingerprint density at radius 2 is 1.61 bits per heavy atom. The molecule has 2 N–H and O–H groups in total. The highest BCUT2D eigenvalue weighted by atomic mass is 16.5. The van der Waals surface area contributed by atoms with Gasteiger partial charge in [0, 0.05) is 42.9 Å². The summed E-state index contributed by atoms with van der Waals surface area (Å²) in [6.07, 6.45) is 0.846. The molecule has 5 rings (SSSR count). The largest absolute Gasteiger partial charge is 0.497 e. The number of nitrogens with one attached hydrogen (secondary N) is 2. The van der Waals surface area contributed by atoms with Crippen LogP contribution in [0.15, 0.2) is 65.5 Å². The first-order chi connectivity index (χ1) is 17.5. The number of ether oxygens (including phenoxy) is 2. The second-order valence-electron chi connectivity index (χ2n) is 9.10. The molecule has 0 radical (unpaired) electrons. The molecule has 36 heavy (non-hydrogen) atoms. The molecule has 0 unspecified atom stereocenters. The Morgan fingerprint density at radius 3 is 2.36 bits per heavy atom. The van der Waals surface area contributed by atoms with Crippen LogP contribution in [0, 0.1) is 5.92 Å². The number of carbonyl (C=O) groups excluding carboxylic acids is 2. The van der Waals surface area contributed by atoms with Gasteiger partial charge in [0.2, 0.25) is 0 Å². The molecular weight excluding hydrogens is 460 g/mol. The highest BCUT2D eigenvalue weighted by molar-refractivity contribution is 6.01. The van der Waals surface area contributed by atoms with Gasteiger partial charge in [-0.25, -0.2) is 4.79 Å². The van der Waals surface area contributed by atoms with E-state index in [0.717, 1.165) is 12.1 Å². The van der Waals surface area contributed by atoms with E-state index in [0.29, 0.717) is 48.1 Å². The number of rotatable bonds is 5. The number of para-hydroxylation sites is 2. The molecule has 0 aliphatic carbocycles. The van der Waals surface area contributed by atoms with Crippen LogP contribution >= 0.6 is 0 Å². The van der Waals surface area contributed by atoms with Crippen molar-refractivity contribution in [2.75, 3.05) is 37.9 Å². The molecule has 1 saturated heterocycles. The zero-order valence-electron chi connectivity index (χ0n) is 20.2. The number of carbonyl (C=O) groups is 2. The Hall–Kier alpha value is -4.27. The maximum Gasteiger partial charge on any atom is 0.323 e. The fourth-order valence-electron chi connectivity index (χ4n) is 5.23. The summed E-state index contributed by atoms with van der Waals surface area (Å²) in [5.41, 5.74) is 2.33. The summed E-state index contributed by atoms with van der Waals surface area (Å²) in [5.74, 6) is 1.27. The average Bonchev–Trinajstić information content (AvgIpc) is 2.90. The summed E-state index contributed by atoms with van der Waals surface area (Å²) < 4.78 is 12.2. The topological polar surface area (TPSA) is 102 Å². The lowest BCUT2D eigenvalue weighted by Crippen LogP contribution is -2.49. The number of benzene rings is 2. The zero-order valence-corrected chi connectivity index (χ0v) is 20.2. The SMILES string of the molecule is COc1ccc(C(=O)N2C[C@H]3C[C@H](C2)c2c(NC(=O)Nc4ccccc4OC)ccc(=O)n2C3)cc1. The molecular formula is C27H28N4O5. The van der Waals surface area contributed by atoms with Gasteiger partial charge in [0.05, 0.1) is 25.6 Å². The average molecular weight is 489 g/mol. The van der Waals surface area contributed by atoms with Gasteiger partial charge in [0.25, 0.3) is 11.5 Å². The third-order valence-corrected chi connectivity index (χ3v) is 6.82. The summed E-state index contributed by atoms with van der Waals surface area (Å²) in [6, 6.07) is 16.9. The first kappa shape index (κ1) is 23.5. The van der Waals surface area contributed by atoms with Gasteiger partial charge in [-0.15, -0.1) is 0 Å². The molecule has 2 aliphatic heterocycles. The number of piperidine rings is 1. The summed E-state index contributed by atoms with van der Waals surface area (Å²) in [7, 11) is 3.13. The van der Waals surface area contributed by atoms with Crippen molar-refractivity contribution in [3.63, 3.8) is 0 Å². The number of hydrogen-bond donors (Lipinski definition) is 2. The lowest BCUT2D eigenvalue weighted by atomic mass is 9.82. The Bertz CT molecular complexity index is 1350. The van der Waals surface area contributed by atoms with Crippen LogP contribution in [-0.2, 0) is 6.54 Å². The molecule has 3 aromatic rings. The van der Waals surface area contributed by atoms with E-state index >= 15 is 0 Å². The number of fused-ring (bicyclic) bond motifs is 4. The number of anilines is 2. The van der Waals surface area contributed by atoms with Crippen molar-refractivity contribution in [1.29, 1.82) is 0 Å². The second-order valence-corrected chi connectivity index (χ2v) is 9.10. The Kier molecular flexibility index (Phi) is 6.37. The van der Waals surface area contributed by atoms with Gasteiger partial charge in [0.15, 0.2) is 0 Å². The Labute approximate surface area is 208 Å². The summed E-state index contributed by atoms with van der Waals surface area (Å²) in [5, 5.41) is 5.71. The highest BCUT2D eigenvalue weighted by Gasteiger charge is 2.38. The first-order valence-electron chi connectivity index (χ1n) is 11.8. The predicted octanol–water partition coefficient (Wildman–Crippen LogP) is 3.77. The zero-order chi connectivity index (χ0) is 25.2. The van der Waals surface area contributed by atoms with Gasteiger partial charge >= 0.3 is 6.03 Å². The number of pyridine rings is 1. The van der Waals surface area contributed by atoms with Gasteiger partial charge in [-0.05, 0) is 54.8 Å². The van der Waals surface area contributed by atoms with E-state index < -0.39 is 6.03 Å². The van der Waals surface area contributed by atoms with Crippen LogP contribution in [0.5, 0.6) is 11.5 Å². The molecule has 9 heteroatoms. The van der Waals surface area contributed by atoms with Crippen LogP contribution in [0.25, 0.3) is 0 Å². The van der Waals surface area contributed by atoms with Gasteiger partial charge in [-0.3, -0.25) is 9.59 Å². The lowest BCUT2D eigenvalue weighted by Gasteiger charge is -2.43. The van der Waals surface area contributed by atoms with Crippen LogP contribution in [0.4, 0.5) is 16.2 Å². The molecule has 0 spiro atoms. The number of nitrogens with zero attached hydrogens (tertiary/aromatic N) is 2. The lowest BCUT2D eigenvalue weighted by molar-refractivity contribution is 0.0595. The van der Waals surface area contributed by atoms with Gasteiger partial charge in [-0.1, -0.05) is 12.1 Å². The summed E-state index contributed by atoms with van der Waals surface area (Å²) in [4.78, 5) is 40.7. The highest BCUT2D eigenvalue weighted by Crippen LogP contribution is 2.39. The van der Waals surface area contributed by atoms with Gasteiger partial charge in [-0.2, -0.15) is 0 Å². The fraction of sp³-hybridized carbons (Fsp3) is 0.296. The van der Waals surface area contributed by atoms with Gasteiger partial charge in [0.1, 0.15) is 11.5 Å². The number of urea groups is 1. The normalized spacial score (nSPS) is 18.1. The molecule has 2 atom stereocenters. The third kappa shape index (κ3) is 4.51. The minimum Gasteiger partial charge on any atom is -0.497 e. The van der Waals surface area contributed by atoms with Crippen LogP contribution < -0.4 is 25.7 Å². The Balaban J connectivity index is 1.38. The number of likely N-dealkylation sites (tertiary alicyclic amines) is 1. The second kappa shape index (κ2) is 9.77. The van der Waals surface area contributed by atoms with Crippen molar-refractivity contribution in [3.05, 3.63) is 82.3 Å². The molecule has 3 amide bonds. The van der Waals surface area contributed by atoms with E-state index in [-0.39, 0.29) is 23.3 Å². The molecule has 186 valence electrons. The summed E-state index contributed by atoms with van der Waals surface area (Å²) >= 11 is 0. The molecule has 9 nitrogen and oxygen atoms in total. The smallest absolute Gasteiger partial charge is 0.323 e. The minimum atomic E-state index is -0.440. The van der Waals surface area contributed by atoms with E-state index in [1.165, 1.54) is 13.2 Å². The van der Waals surface area contributed by atoms with Crippen molar-refractivity contribution in [2.24, 2.45) is 5.92 Å². The van der Waals surface area contributed by atoms with E-state index in [2.05, 4.69) is 10.6 Å². The molecule has 3 heterocycles. The molecule has 2 aliphatic rings. The van der Waals surface area contributed by atoms with Crippen molar-refractivity contribution in [2.45, 2.75) is 18.9 Å². The van der Waals surface area contributed by atoms with E-state index in [4.69, 9.17) is 9.47 Å². The third-order valence-electron chi connectivity index (χ3n) is 6.82. The van der Waals surface area contributed by atoms with E-state index in [9.17, 15) is 14.4 Å². The van der Waals surface area contributed by atoms with Crippen LogP contribution in [-0.4, -0.2) is 48.7 Å². The molecule has 1 aromatic heterocycles. The van der Waals surface area contributed by atoms with E-state index in [1.54, 1.807) is 60.2 Å². The van der Waals surface area contributed by atoms with Gasteiger partial charge < -0.3 is 29.6 Å². The number of aromatic nitrogens is 1. The van der Waals surface area contributed by atoms with Crippen molar-refractivity contribution >= 4 is 23.3 Å². The van der Waals surface area contributed by atoms with Crippen LogP contribution in [0.3, 0.4) is 0 Å². The fourth-order valence-corrected chi connectivity index (χ4v) is 5.23. The monoisotopic (exact) mass is 488 g/mol. The molecule has 2 aromatic carbocycles. The molecule has 1 fully saturated rings. The first-order valence-corrected chi connectivity index (χ1v) is 11.8. The summed E-state index contributed by atoms with van der Waals surface area (Å²) in [6.45, 7) is 1.55.